The van der Waals surface area contributed by atoms with Crippen molar-refractivity contribution in [2.24, 2.45) is 14.1 Å². The van der Waals surface area contributed by atoms with Gasteiger partial charge in [0.2, 0.25) is 0 Å². The third-order valence-electron chi connectivity index (χ3n) is 6.09. The van der Waals surface area contributed by atoms with Crippen LogP contribution in [0.3, 0.4) is 0 Å². The normalized spacial score (nSPS) is 11.8. The van der Waals surface area contributed by atoms with Crippen LogP contribution in [0.2, 0.25) is 0 Å². The van der Waals surface area contributed by atoms with Crippen LogP contribution in [0.4, 0.5) is 0 Å². The minimum absolute atomic E-state index is 0.231. The summed E-state index contributed by atoms with van der Waals surface area (Å²) in [6, 6.07) is 0. The van der Waals surface area contributed by atoms with Crippen molar-refractivity contribution in [2.75, 3.05) is 0 Å². The molecular weight excluding hydrogens is 388 g/mol. The van der Waals surface area contributed by atoms with Crippen molar-refractivity contribution in [3.63, 3.8) is 0 Å². The van der Waals surface area contributed by atoms with E-state index in [2.05, 4.69) is 24.1 Å². The van der Waals surface area contributed by atoms with Crippen molar-refractivity contribution in [2.45, 2.75) is 103 Å². The van der Waals surface area contributed by atoms with Crippen molar-refractivity contribution in [3.8, 4) is 0 Å². The highest BCUT2D eigenvalue weighted by molar-refractivity contribution is 5.69. The smallest absolute Gasteiger partial charge is 0.328 e. The molecule has 0 radical (unpaired) electrons. The van der Waals surface area contributed by atoms with E-state index < -0.39 is 0 Å². The largest absolute Gasteiger partial charge is 0.332 e. The Morgan fingerprint density at radius 1 is 0.806 bits per heavy atom. The van der Waals surface area contributed by atoms with E-state index in [0.717, 1.165) is 19.3 Å². The molecule has 2 aromatic heterocycles. The molecule has 2 rings (SSSR count). The van der Waals surface area contributed by atoms with Crippen molar-refractivity contribution in [3.05, 3.63) is 39.3 Å². The van der Waals surface area contributed by atoms with Gasteiger partial charge in [-0.1, -0.05) is 76.9 Å². The summed E-state index contributed by atoms with van der Waals surface area (Å²) < 4.78 is 4.52. The molecule has 0 aliphatic carbocycles. The predicted molar refractivity (Wildman–Crippen MR) is 130 cm³/mol. The molecule has 31 heavy (non-hydrogen) atoms. The van der Waals surface area contributed by atoms with Gasteiger partial charge in [-0.05, 0) is 32.1 Å². The second-order valence-corrected chi connectivity index (χ2v) is 8.76. The van der Waals surface area contributed by atoms with E-state index in [1.54, 1.807) is 25.0 Å². The second kappa shape index (κ2) is 14.0. The SMILES string of the molecule is CCCCCCCC/C=C/CCCCCCCCn1c(=O)c2c(ncn2C)n(C)c1=O. The minimum Gasteiger partial charge on any atom is -0.328 e. The number of hydrogen-bond acceptors (Lipinski definition) is 3. The van der Waals surface area contributed by atoms with E-state index in [9.17, 15) is 9.59 Å². The van der Waals surface area contributed by atoms with Crippen LogP contribution in [0.15, 0.2) is 28.1 Å². The highest BCUT2D eigenvalue weighted by Crippen LogP contribution is 2.10. The molecule has 0 N–H and O–H groups in total. The fourth-order valence-electron chi connectivity index (χ4n) is 4.11. The molecule has 0 amide bonds. The maximum absolute atomic E-state index is 12.7. The van der Waals surface area contributed by atoms with Crippen LogP contribution < -0.4 is 11.2 Å². The number of imidazole rings is 1. The van der Waals surface area contributed by atoms with Gasteiger partial charge in [-0.2, -0.15) is 0 Å². The highest BCUT2D eigenvalue weighted by atomic mass is 16.2. The Balaban J connectivity index is 1.56. The van der Waals surface area contributed by atoms with Crippen molar-refractivity contribution in [1.82, 2.24) is 18.7 Å². The number of nitrogens with zero attached hydrogens (tertiary/aromatic N) is 4. The average molecular weight is 431 g/mol. The summed E-state index contributed by atoms with van der Waals surface area (Å²) in [5.41, 5.74) is 0.441. The van der Waals surface area contributed by atoms with E-state index in [-0.39, 0.29) is 11.2 Å². The van der Waals surface area contributed by atoms with E-state index in [1.807, 2.05) is 0 Å². The topological polar surface area (TPSA) is 61.8 Å². The summed E-state index contributed by atoms with van der Waals surface area (Å²) in [5, 5.41) is 0. The highest BCUT2D eigenvalue weighted by Gasteiger charge is 2.14. The first kappa shape index (κ1) is 25.2. The Labute approximate surface area is 187 Å². The monoisotopic (exact) mass is 430 g/mol. The molecule has 0 bridgehead atoms. The molecule has 0 aromatic carbocycles. The molecule has 0 fully saturated rings. The van der Waals surface area contributed by atoms with Crippen molar-refractivity contribution >= 4 is 11.2 Å². The summed E-state index contributed by atoms with van der Waals surface area (Å²) in [6.45, 7) is 2.74. The number of rotatable bonds is 16. The molecule has 2 heterocycles. The third kappa shape index (κ3) is 7.82. The lowest BCUT2D eigenvalue weighted by Crippen LogP contribution is -2.39. The number of aromatic nitrogens is 4. The number of allylic oxidation sites excluding steroid dienone is 2. The Morgan fingerprint density at radius 3 is 1.97 bits per heavy atom. The summed E-state index contributed by atoms with van der Waals surface area (Å²) in [6.07, 6.45) is 23.7. The lowest BCUT2D eigenvalue weighted by molar-refractivity contribution is 0.524. The number of unbranched alkanes of at least 4 members (excludes halogenated alkanes) is 12. The van der Waals surface area contributed by atoms with Crippen LogP contribution in [0.1, 0.15) is 96.8 Å². The van der Waals surface area contributed by atoms with Gasteiger partial charge in [0.25, 0.3) is 5.56 Å². The van der Waals surface area contributed by atoms with Gasteiger partial charge in [-0.25, -0.2) is 9.78 Å². The number of aryl methyl sites for hydroxylation is 2. The summed E-state index contributed by atoms with van der Waals surface area (Å²) >= 11 is 0. The van der Waals surface area contributed by atoms with Crippen LogP contribution in [-0.2, 0) is 20.6 Å². The molecule has 6 heteroatoms. The van der Waals surface area contributed by atoms with E-state index >= 15 is 0 Å². The van der Waals surface area contributed by atoms with Gasteiger partial charge in [0.15, 0.2) is 11.2 Å². The van der Waals surface area contributed by atoms with Gasteiger partial charge in [-0.15, -0.1) is 0 Å². The fraction of sp³-hybridized carbons (Fsp3) is 0.720. The van der Waals surface area contributed by atoms with Gasteiger partial charge >= 0.3 is 5.69 Å². The lowest BCUT2D eigenvalue weighted by atomic mass is 10.1. The van der Waals surface area contributed by atoms with E-state index in [4.69, 9.17) is 0 Å². The number of fused-ring (bicyclic) bond motifs is 1. The molecule has 0 unspecified atom stereocenters. The van der Waals surface area contributed by atoms with Gasteiger partial charge in [0.1, 0.15) is 0 Å². The summed E-state index contributed by atoms with van der Waals surface area (Å²) in [4.78, 5) is 29.3. The average Bonchev–Trinajstić information content (AvgIpc) is 3.15. The van der Waals surface area contributed by atoms with Gasteiger partial charge < -0.3 is 4.57 Å². The molecule has 0 spiro atoms. The zero-order valence-electron chi connectivity index (χ0n) is 19.9. The van der Waals surface area contributed by atoms with Crippen molar-refractivity contribution in [1.29, 1.82) is 0 Å². The minimum atomic E-state index is -0.274. The molecule has 6 nitrogen and oxygen atoms in total. The molecule has 0 aliphatic rings. The van der Waals surface area contributed by atoms with E-state index in [0.29, 0.717) is 17.7 Å². The fourth-order valence-corrected chi connectivity index (χ4v) is 4.11. The zero-order chi connectivity index (χ0) is 22.5. The summed E-state index contributed by atoms with van der Waals surface area (Å²) in [7, 11) is 3.46. The zero-order valence-corrected chi connectivity index (χ0v) is 19.9. The Kier molecular flexibility index (Phi) is 11.4. The Hall–Kier alpha value is -2.11. The van der Waals surface area contributed by atoms with Gasteiger partial charge in [0, 0.05) is 20.6 Å². The van der Waals surface area contributed by atoms with Gasteiger partial charge in [0.05, 0.1) is 6.33 Å². The maximum atomic E-state index is 12.7. The Morgan fingerprint density at radius 2 is 1.35 bits per heavy atom. The molecule has 0 saturated heterocycles. The lowest BCUT2D eigenvalue weighted by Gasteiger charge is -2.08. The van der Waals surface area contributed by atoms with Crippen LogP contribution >= 0.6 is 0 Å². The van der Waals surface area contributed by atoms with Crippen LogP contribution in [0.25, 0.3) is 11.2 Å². The standard InChI is InChI=1S/C25H42N4O2/c1-4-5-6-7-8-9-10-11-12-13-14-15-16-17-18-19-20-29-24(30)22-23(26-21-27(22)2)28(3)25(29)31/h11-12,21H,4-10,13-20H2,1-3H3/b12-11+. The molecule has 0 aliphatic heterocycles. The molecule has 0 saturated carbocycles. The maximum Gasteiger partial charge on any atom is 0.332 e. The van der Waals surface area contributed by atoms with Crippen LogP contribution in [0, 0.1) is 0 Å². The van der Waals surface area contributed by atoms with E-state index in [1.165, 1.54) is 79.8 Å². The number of hydrogen-bond donors (Lipinski definition) is 0. The first-order chi connectivity index (χ1) is 15.1. The first-order valence-electron chi connectivity index (χ1n) is 12.3. The Bertz CT molecular complexity index is 920. The van der Waals surface area contributed by atoms with Crippen LogP contribution in [0.5, 0.6) is 0 Å². The first-order valence-corrected chi connectivity index (χ1v) is 12.3. The molecule has 174 valence electrons. The third-order valence-corrected chi connectivity index (χ3v) is 6.09. The quantitative estimate of drug-likeness (QED) is 0.262. The van der Waals surface area contributed by atoms with Gasteiger partial charge in [-0.3, -0.25) is 13.9 Å². The second-order valence-electron chi connectivity index (χ2n) is 8.76. The van der Waals surface area contributed by atoms with Crippen molar-refractivity contribution < 1.29 is 0 Å². The predicted octanol–water partition coefficient (Wildman–Crippen LogP) is 5.47. The summed E-state index contributed by atoms with van der Waals surface area (Å²) in [5.74, 6) is 0. The molecule has 0 atom stereocenters. The molecule has 2 aromatic rings. The molecular formula is C25H42N4O2. The van der Waals surface area contributed by atoms with Crippen LogP contribution in [-0.4, -0.2) is 18.7 Å².